The second-order valence-electron chi connectivity index (χ2n) is 5.59. The summed E-state index contributed by atoms with van der Waals surface area (Å²) in [6.45, 7) is 0.212. The number of hydrogen-bond acceptors (Lipinski definition) is 3. The molecule has 1 saturated heterocycles. The molecule has 5 nitrogen and oxygen atoms in total. The van der Waals surface area contributed by atoms with E-state index in [9.17, 15) is 14.4 Å². The average molecular weight is 262 g/mol. The number of hydrogen-bond donors (Lipinski definition) is 1. The number of carbonyl (C=O) groups excluding carboxylic acids is 3. The van der Waals surface area contributed by atoms with E-state index in [1.807, 2.05) is 0 Å². The van der Waals surface area contributed by atoms with Crippen molar-refractivity contribution >= 4 is 17.7 Å². The summed E-state index contributed by atoms with van der Waals surface area (Å²) in [5.74, 6) is -0.178. The van der Waals surface area contributed by atoms with Gasteiger partial charge in [0.05, 0.1) is 11.8 Å². The Morgan fingerprint density at radius 1 is 1.21 bits per heavy atom. The topological polar surface area (TPSA) is 66.5 Å². The number of nitrogens with zero attached hydrogens (tertiary/aromatic N) is 1. The fourth-order valence-electron chi connectivity index (χ4n) is 3.69. The van der Waals surface area contributed by atoms with E-state index < -0.39 is 0 Å². The van der Waals surface area contributed by atoms with Crippen molar-refractivity contribution in [3.8, 4) is 0 Å². The van der Waals surface area contributed by atoms with Crippen LogP contribution in [0.2, 0.25) is 0 Å². The van der Waals surface area contributed by atoms with E-state index >= 15 is 0 Å². The number of carbonyl (C=O) groups is 3. The summed E-state index contributed by atoms with van der Waals surface area (Å²) < 4.78 is 0. The Morgan fingerprint density at radius 2 is 1.74 bits per heavy atom. The fourth-order valence-corrected chi connectivity index (χ4v) is 3.69. The van der Waals surface area contributed by atoms with Gasteiger partial charge in [-0.2, -0.15) is 0 Å². The second-order valence-corrected chi connectivity index (χ2v) is 5.59. The second kappa shape index (κ2) is 4.47. The first kappa shape index (κ1) is 12.4. The minimum absolute atomic E-state index is 0.0713. The van der Waals surface area contributed by atoms with Crippen LogP contribution >= 0.6 is 0 Å². The number of rotatable bonds is 3. The van der Waals surface area contributed by atoms with Crippen molar-refractivity contribution in [3.05, 3.63) is 12.2 Å². The zero-order valence-electron chi connectivity index (χ0n) is 11.0. The monoisotopic (exact) mass is 262 g/mol. The van der Waals surface area contributed by atoms with Crippen LogP contribution in [0.3, 0.4) is 0 Å². The van der Waals surface area contributed by atoms with Gasteiger partial charge in [-0.05, 0) is 24.7 Å². The third-order valence-corrected chi connectivity index (χ3v) is 4.69. The molecule has 4 aliphatic rings. The molecule has 1 aliphatic heterocycles. The summed E-state index contributed by atoms with van der Waals surface area (Å²) in [6, 6.07) is 0. The maximum absolute atomic E-state index is 12.4. The number of nitrogens with one attached hydrogen (secondary N) is 1. The van der Waals surface area contributed by atoms with Gasteiger partial charge >= 0.3 is 0 Å². The van der Waals surface area contributed by atoms with E-state index in [-0.39, 0.29) is 54.4 Å². The molecule has 3 aliphatic carbocycles. The molecule has 0 unspecified atom stereocenters. The highest BCUT2D eigenvalue weighted by molar-refractivity contribution is 6.06. The van der Waals surface area contributed by atoms with Crippen molar-refractivity contribution < 1.29 is 14.4 Å². The van der Waals surface area contributed by atoms with Crippen LogP contribution < -0.4 is 5.32 Å². The highest BCUT2D eigenvalue weighted by Gasteiger charge is 2.56. The Balaban J connectivity index is 1.77. The number of likely N-dealkylation sites (tertiary alicyclic amines) is 1. The Bertz CT molecular complexity index is 439. The molecule has 0 aromatic heterocycles. The van der Waals surface area contributed by atoms with Crippen molar-refractivity contribution in [3.63, 3.8) is 0 Å². The first-order chi connectivity index (χ1) is 9.13. The van der Waals surface area contributed by atoms with Gasteiger partial charge in [0.25, 0.3) is 0 Å². The molecule has 4 rings (SSSR count). The standard InChI is InChI=1S/C14H18N2O3/c1-15-10(17)6-7-16-13(18)11-8-2-3-9(5-4-8)12(11)14(16)19/h2-3,8-9,11-12H,4-7H2,1H3,(H,15,17)/t8-,9-,11-,12+/m0/s1. The molecule has 102 valence electrons. The minimum Gasteiger partial charge on any atom is -0.359 e. The van der Waals surface area contributed by atoms with Crippen molar-refractivity contribution in [2.24, 2.45) is 23.7 Å². The van der Waals surface area contributed by atoms with Crippen molar-refractivity contribution in [2.45, 2.75) is 19.3 Å². The summed E-state index contributed by atoms with van der Waals surface area (Å²) >= 11 is 0. The highest BCUT2D eigenvalue weighted by atomic mass is 16.2. The van der Waals surface area contributed by atoms with Crippen molar-refractivity contribution in [2.75, 3.05) is 13.6 Å². The highest BCUT2D eigenvalue weighted by Crippen LogP contribution is 2.49. The fraction of sp³-hybridized carbons (Fsp3) is 0.643. The summed E-state index contributed by atoms with van der Waals surface area (Å²) in [4.78, 5) is 37.3. The Hall–Kier alpha value is -1.65. The zero-order valence-corrected chi connectivity index (χ0v) is 11.0. The third kappa shape index (κ3) is 1.79. The number of allylic oxidation sites excluding steroid dienone is 2. The molecule has 5 heteroatoms. The Kier molecular flexibility index (Phi) is 2.92. The quantitative estimate of drug-likeness (QED) is 0.588. The molecule has 0 aromatic rings. The van der Waals surface area contributed by atoms with E-state index in [1.54, 1.807) is 7.05 Å². The van der Waals surface area contributed by atoms with Gasteiger partial charge in [0.15, 0.2) is 0 Å². The molecule has 1 saturated carbocycles. The van der Waals surface area contributed by atoms with Crippen molar-refractivity contribution in [1.82, 2.24) is 10.2 Å². The lowest BCUT2D eigenvalue weighted by Gasteiger charge is -2.38. The minimum atomic E-state index is -0.166. The van der Waals surface area contributed by atoms with Crippen LogP contribution in [0.15, 0.2) is 12.2 Å². The first-order valence-electron chi connectivity index (χ1n) is 6.87. The van der Waals surface area contributed by atoms with Crippen LogP contribution in [0.4, 0.5) is 0 Å². The Labute approximate surface area is 112 Å². The maximum atomic E-state index is 12.4. The summed E-state index contributed by atoms with van der Waals surface area (Å²) in [7, 11) is 1.56. The van der Waals surface area contributed by atoms with Crippen LogP contribution in [-0.2, 0) is 14.4 Å². The average Bonchev–Trinajstić information content (AvgIpc) is 2.72. The lowest BCUT2D eigenvalue weighted by molar-refractivity contribution is -0.140. The van der Waals surface area contributed by atoms with Gasteiger partial charge in [-0.3, -0.25) is 19.3 Å². The molecular formula is C14H18N2O3. The number of fused-ring (bicyclic) bond motifs is 1. The number of imide groups is 1. The van der Waals surface area contributed by atoms with E-state index in [1.165, 1.54) is 4.90 Å². The SMILES string of the molecule is CNC(=O)CCN1C(=O)[C@@H]2[C@H](C1=O)[C@H]1C=C[C@H]2CC1. The maximum Gasteiger partial charge on any atom is 0.233 e. The summed E-state index contributed by atoms with van der Waals surface area (Å²) in [6.07, 6.45) is 6.40. The molecule has 4 atom stereocenters. The normalized spacial score (nSPS) is 35.7. The molecule has 2 bridgehead atoms. The smallest absolute Gasteiger partial charge is 0.233 e. The predicted octanol–water partition coefficient (Wildman–Crippen LogP) is 0.320. The Morgan fingerprint density at radius 3 is 2.16 bits per heavy atom. The van der Waals surface area contributed by atoms with E-state index in [0.29, 0.717) is 0 Å². The van der Waals surface area contributed by atoms with Crippen LogP contribution in [0.5, 0.6) is 0 Å². The molecule has 0 spiro atoms. The third-order valence-electron chi connectivity index (χ3n) is 4.69. The van der Waals surface area contributed by atoms with E-state index in [2.05, 4.69) is 17.5 Å². The van der Waals surface area contributed by atoms with Crippen LogP contribution in [0, 0.1) is 23.7 Å². The lowest BCUT2D eigenvalue weighted by Crippen LogP contribution is -2.38. The van der Waals surface area contributed by atoms with Gasteiger partial charge in [0.2, 0.25) is 17.7 Å². The van der Waals surface area contributed by atoms with Gasteiger partial charge in [-0.25, -0.2) is 0 Å². The van der Waals surface area contributed by atoms with E-state index in [4.69, 9.17) is 0 Å². The molecule has 1 heterocycles. The summed E-state index contributed by atoms with van der Waals surface area (Å²) in [5, 5.41) is 2.51. The summed E-state index contributed by atoms with van der Waals surface area (Å²) in [5.41, 5.74) is 0. The van der Waals surface area contributed by atoms with Gasteiger partial charge < -0.3 is 5.32 Å². The number of amides is 3. The molecule has 0 radical (unpaired) electrons. The molecule has 1 N–H and O–H groups in total. The van der Waals surface area contributed by atoms with Crippen LogP contribution in [0.25, 0.3) is 0 Å². The zero-order chi connectivity index (χ0) is 13.6. The largest absolute Gasteiger partial charge is 0.359 e. The van der Waals surface area contributed by atoms with Crippen molar-refractivity contribution in [1.29, 1.82) is 0 Å². The molecular weight excluding hydrogens is 244 g/mol. The first-order valence-corrected chi connectivity index (χ1v) is 6.87. The van der Waals surface area contributed by atoms with Gasteiger partial charge in [-0.1, -0.05) is 12.2 Å². The molecule has 0 aromatic carbocycles. The van der Waals surface area contributed by atoms with Crippen LogP contribution in [0.1, 0.15) is 19.3 Å². The van der Waals surface area contributed by atoms with Gasteiger partial charge in [0.1, 0.15) is 0 Å². The lowest BCUT2D eigenvalue weighted by atomic mass is 9.63. The molecule has 3 amide bonds. The van der Waals surface area contributed by atoms with Gasteiger partial charge in [0, 0.05) is 20.0 Å². The molecule has 19 heavy (non-hydrogen) atoms. The van der Waals surface area contributed by atoms with E-state index in [0.717, 1.165) is 12.8 Å². The predicted molar refractivity (Wildman–Crippen MR) is 67.7 cm³/mol. The molecule has 2 fully saturated rings. The van der Waals surface area contributed by atoms with Gasteiger partial charge in [-0.15, -0.1) is 0 Å². The van der Waals surface area contributed by atoms with Crippen LogP contribution in [-0.4, -0.2) is 36.2 Å².